The van der Waals surface area contributed by atoms with Crippen LogP contribution in [0.1, 0.15) is 106 Å². The Kier molecular flexibility index (Phi) is 12.5. The Morgan fingerprint density at radius 3 is 1.86 bits per heavy atom. The number of phenolic OH excluding ortho intramolecular Hbond substituents is 4. The van der Waals surface area contributed by atoms with E-state index < -0.39 is 5.60 Å². The summed E-state index contributed by atoms with van der Waals surface area (Å²) in [5.41, 5.74) is 0.951. The van der Waals surface area contributed by atoms with Gasteiger partial charge in [-0.2, -0.15) is 0 Å². The molecule has 0 spiro atoms. The number of aromatic hydroxyl groups is 4. The summed E-state index contributed by atoms with van der Waals surface area (Å²) in [4.78, 5) is 12.1. The summed E-state index contributed by atoms with van der Waals surface area (Å²) in [6, 6.07) is 7.45. The lowest BCUT2D eigenvalue weighted by Gasteiger charge is -2.18. The van der Waals surface area contributed by atoms with Gasteiger partial charge >= 0.3 is 0 Å². The number of ketones is 1. The molecule has 0 saturated heterocycles. The molecule has 0 amide bonds. The van der Waals surface area contributed by atoms with Crippen molar-refractivity contribution >= 4 is 5.78 Å². The number of unbranched alkanes of at least 4 members (excludes halogenated alkanes) is 7. The van der Waals surface area contributed by atoms with Crippen LogP contribution in [0, 0.1) is 0 Å². The van der Waals surface area contributed by atoms with Crippen molar-refractivity contribution in [3.8, 4) is 23.0 Å². The predicted octanol–water partition coefficient (Wildman–Crippen LogP) is 7.10. The summed E-state index contributed by atoms with van der Waals surface area (Å²) in [7, 11) is 0. The third-order valence-electron chi connectivity index (χ3n) is 6.50. The van der Waals surface area contributed by atoms with Gasteiger partial charge in [-0.25, -0.2) is 0 Å². The molecule has 0 heterocycles. The molecule has 0 radical (unpaired) electrons. The van der Waals surface area contributed by atoms with E-state index in [1.165, 1.54) is 24.6 Å². The highest BCUT2D eigenvalue weighted by atomic mass is 16.3. The molecule has 5 N–H and O–H groups in total. The van der Waals surface area contributed by atoms with Gasteiger partial charge in [-0.3, -0.25) is 4.79 Å². The maximum absolute atomic E-state index is 12.1. The minimum Gasteiger partial charge on any atom is -0.508 e. The number of phenols is 4. The van der Waals surface area contributed by atoms with E-state index >= 15 is 0 Å². The van der Waals surface area contributed by atoms with Gasteiger partial charge in [0.15, 0.2) is 5.78 Å². The lowest BCUT2D eigenvalue weighted by atomic mass is 9.96. The van der Waals surface area contributed by atoms with Gasteiger partial charge in [-0.05, 0) is 101 Å². The van der Waals surface area contributed by atoms with Gasteiger partial charge in [0.05, 0.1) is 5.60 Å². The molecule has 0 unspecified atom stereocenters. The van der Waals surface area contributed by atoms with E-state index in [2.05, 4.69) is 12.2 Å². The molecule has 0 bridgehead atoms. The van der Waals surface area contributed by atoms with E-state index in [1.807, 2.05) is 0 Å². The molecule has 0 aliphatic rings. The number of Topliss-reactive ketones (excluding diaryl/α,β-unsaturated/α-hetero) is 1. The third-order valence-corrected chi connectivity index (χ3v) is 6.50. The van der Waals surface area contributed by atoms with Gasteiger partial charge in [-0.15, -0.1) is 0 Å². The first-order valence-electron chi connectivity index (χ1n) is 13.5. The zero-order chi connectivity index (χ0) is 27.3. The average molecular weight is 513 g/mol. The third kappa shape index (κ3) is 12.2. The number of benzene rings is 2. The monoisotopic (exact) mass is 512 g/mol. The summed E-state index contributed by atoms with van der Waals surface area (Å²) in [6.45, 7) is 3.43. The van der Waals surface area contributed by atoms with Crippen LogP contribution in [0.15, 0.2) is 42.5 Å². The van der Waals surface area contributed by atoms with E-state index in [0.717, 1.165) is 63.4 Å². The van der Waals surface area contributed by atoms with Crippen molar-refractivity contribution in [2.75, 3.05) is 0 Å². The Bertz CT molecular complexity index is 976. The molecule has 0 aliphatic carbocycles. The number of hydrogen-bond donors (Lipinski definition) is 5. The Labute approximate surface area is 221 Å². The molecule has 6 nitrogen and oxygen atoms in total. The van der Waals surface area contributed by atoms with Gasteiger partial charge in [-0.1, -0.05) is 31.4 Å². The van der Waals surface area contributed by atoms with Crippen LogP contribution < -0.4 is 0 Å². The minimum absolute atomic E-state index is 0.0667. The number of carbonyl (C=O) groups is 1. The van der Waals surface area contributed by atoms with Gasteiger partial charge in [0.2, 0.25) is 0 Å². The molecule has 204 valence electrons. The van der Waals surface area contributed by atoms with Crippen molar-refractivity contribution in [1.82, 2.24) is 0 Å². The van der Waals surface area contributed by atoms with Crippen molar-refractivity contribution in [3.63, 3.8) is 0 Å². The summed E-state index contributed by atoms with van der Waals surface area (Å²) in [5.74, 6) is -0.0553. The summed E-state index contributed by atoms with van der Waals surface area (Å²) in [6.07, 6.45) is 15.8. The zero-order valence-corrected chi connectivity index (χ0v) is 22.4. The summed E-state index contributed by atoms with van der Waals surface area (Å²) < 4.78 is 0. The van der Waals surface area contributed by atoms with Crippen molar-refractivity contribution in [2.45, 2.75) is 103 Å². The maximum Gasteiger partial charge on any atom is 0.163 e. The number of aliphatic hydroxyl groups is 1. The second-order valence-corrected chi connectivity index (χ2v) is 10.6. The zero-order valence-electron chi connectivity index (χ0n) is 22.4. The lowest BCUT2D eigenvalue weighted by molar-refractivity contribution is 0.0711. The highest BCUT2D eigenvalue weighted by Gasteiger charge is 2.16. The molecule has 37 heavy (non-hydrogen) atoms. The fourth-order valence-electron chi connectivity index (χ4n) is 4.34. The van der Waals surface area contributed by atoms with Crippen LogP contribution in [0.3, 0.4) is 0 Å². The minimum atomic E-state index is -0.836. The van der Waals surface area contributed by atoms with E-state index in [1.54, 1.807) is 26.0 Å². The molecule has 0 fully saturated rings. The first-order valence-corrected chi connectivity index (χ1v) is 13.5. The molecule has 2 aromatic carbocycles. The molecular formula is C31H44O6. The molecule has 0 atom stereocenters. The van der Waals surface area contributed by atoms with Crippen molar-refractivity contribution in [3.05, 3.63) is 59.2 Å². The normalized spacial score (nSPS) is 11.9. The van der Waals surface area contributed by atoms with Gasteiger partial charge in [0.25, 0.3) is 0 Å². The van der Waals surface area contributed by atoms with E-state index in [-0.39, 0.29) is 28.8 Å². The summed E-state index contributed by atoms with van der Waals surface area (Å²) >= 11 is 0. The molecule has 2 rings (SSSR count). The predicted molar refractivity (Wildman–Crippen MR) is 148 cm³/mol. The lowest BCUT2D eigenvalue weighted by Crippen LogP contribution is -2.19. The summed E-state index contributed by atoms with van der Waals surface area (Å²) in [5, 5.41) is 49.4. The van der Waals surface area contributed by atoms with E-state index in [9.17, 15) is 30.3 Å². The number of allylic oxidation sites excluding steroid dienone is 2. The Balaban J connectivity index is 1.51. The van der Waals surface area contributed by atoms with E-state index in [0.29, 0.717) is 30.4 Å². The first kappa shape index (κ1) is 30.2. The van der Waals surface area contributed by atoms with Crippen molar-refractivity contribution < 1.29 is 30.3 Å². The number of aryl methyl sites for hydroxylation is 1. The SMILES string of the molecule is CC(C)(O)CCc1c(O)cc(CCCCCCCC=CCCCCC(=O)c2cc(O)cc(O)c2)cc1O. The Morgan fingerprint density at radius 1 is 0.730 bits per heavy atom. The van der Waals surface area contributed by atoms with Crippen LogP contribution in [-0.4, -0.2) is 36.9 Å². The quantitative estimate of drug-likeness (QED) is 0.0877. The highest BCUT2D eigenvalue weighted by molar-refractivity contribution is 5.96. The van der Waals surface area contributed by atoms with E-state index in [4.69, 9.17) is 0 Å². The first-order chi connectivity index (χ1) is 17.5. The smallest absolute Gasteiger partial charge is 0.163 e. The molecule has 0 aromatic heterocycles. The molecule has 2 aromatic rings. The van der Waals surface area contributed by atoms with Crippen LogP contribution >= 0.6 is 0 Å². The molecule has 6 heteroatoms. The second kappa shape index (κ2) is 15.3. The maximum atomic E-state index is 12.1. The highest BCUT2D eigenvalue weighted by Crippen LogP contribution is 2.32. The second-order valence-electron chi connectivity index (χ2n) is 10.6. The average Bonchev–Trinajstić information content (AvgIpc) is 2.80. The van der Waals surface area contributed by atoms with Crippen LogP contribution in [0.4, 0.5) is 0 Å². The Hall–Kier alpha value is -2.99. The Morgan fingerprint density at radius 2 is 1.27 bits per heavy atom. The largest absolute Gasteiger partial charge is 0.508 e. The van der Waals surface area contributed by atoms with Crippen LogP contribution in [0.25, 0.3) is 0 Å². The molecular weight excluding hydrogens is 468 g/mol. The van der Waals surface area contributed by atoms with Crippen LogP contribution in [0.2, 0.25) is 0 Å². The number of carbonyl (C=O) groups excluding carboxylic acids is 1. The van der Waals surface area contributed by atoms with Gasteiger partial charge in [0.1, 0.15) is 23.0 Å². The molecule has 0 saturated carbocycles. The van der Waals surface area contributed by atoms with Crippen LogP contribution in [-0.2, 0) is 12.8 Å². The topological polar surface area (TPSA) is 118 Å². The molecule has 0 aliphatic heterocycles. The van der Waals surface area contributed by atoms with Crippen molar-refractivity contribution in [1.29, 1.82) is 0 Å². The fourth-order valence-corrected chi connectivity index (χ4v) is 4.34. The van der Waals surface area contributed by atoms with Crippen molar-refractivity contribution in [2.24, 2.45) is 0 Å². The number of rotatable bonds is 17. The van der Waals surface area contributed by atoms with Gasteiger partial charge in [0, 0.05) is 23.6 Å². The van der Waals surface area contributed by atoms with Crippen LogP contribution in [0.5, 0.6) is 23.0 Å². The number of hydrogen-bond acceptors (Lipinski definition) is 6. The standard InChI is InChI=1S/C31H44O6/c1-31(2,37)17-16-27-29(35)18-23(19-30(27)36)14-12-10-8-6-4-3-5-7-9-11-13-15-28(34)24-20-25(32)22-26(33)21-24/h5,7,18-22,32-33,35-37H,3-4,6,8-17H2,1-2H3. The fraction of sp³-hybridized carbons (Fsp3) is 0.516. The van der Waals surface area contributed by atoms with Gasteiger partial charge < -0.3 is 25.5 Å².